The van der Waals surface area contributed by atoms with Gasteiger partial charge in [0.15, 0.2) is 0 Å². The van der Waals surface area contributed by atoms with Crippen LogP contribution < -0.4 is 5.73 Å². The molecule has 1 amide bonds. The molecule has 1 aromatic rings. The van der Waals surface area contributed by atoms with Gasteiger partial charge >= 0.3 is 0 Å². The Balaban J connectivity index is 1.81. The van der Waals surface area contributed by atoms with Gasteiger partial charge in [-0.25, -0.2) is 0 Å². The summed E-state index contributed by atoms with van der Waals surface area (Å²) in [5.41, 5.74) is 6.81. The van der Waals surface area contributed by atoms with E-state index < -0.39 is 0 Å². The molecule has 1 unspecified atom stereocenters. The van der Waals surface area contributed by atoms with E-state index in [2.05, 4.69) is 9.88 Å². The van der Waals surface area contributed by atoms with Gasteiger partial charge in [-0.15, -0.1) is 0 Å². The van der Waals surface area contributed by atoms with Gasteiger partial charge in [-0.2, -0.15) is 0 Å². The Kier molecular flexibility index (Phi) is 4.87. The maximum Gasteiger partial charge on any atom is 0.226 e. The predicted molar refractivity (Wildman–Crippen MR) is 74.3 cm³/mol. The molecule has 0 aromatic carbocycles. The van der Waals surface area contributed by atoms with Gasteiger partial charge in [0.2, 0.25) is 5.91 Å². The monoisotopic (exact) mass is 262 g/mol. The first-order valence-electron chi connectivity index (χ1n) is 6.81. The number of carbonyl (C=O) groups is 1. The lowest BCUT2D eigenvalue weighted by molar-refractivity contribution is -0.136. The van der Waals surface area contributed by atoms with Crippen LogP contribution in [0.15, 0.2) is 24.5 Å². The smallest absolute Gasteiger partial charge is 0.226 e. The van der Waals surface area contributed by atoms with Gasteiger partial charge in [0.05, 0.1) is 0 Å². The van der Waals surface area contributed by atoms with E-state index >= 15 is 0 Å². The number of rotatable bonds is 4. The Morgan fingerprint density at radius 3 is 2.53 bits per heavy atom. The third-order valence-corrected chi connectivity index (χ3v) is 3.61. The number of amides is 1. The van der Waals surface area contributed by atoms with Gasteiger partial charge in [0, 0.05) is 57.6 Å². The van der Waals surface area contributed by atoms with Crippen LogP contribution in [0.2, 0.25) is 0 Å². The van der Waals surface area contributed by atoms with Crippen molar-refractivity contribution < 1.29 is 4.79 Å². The zero-order valence-corrected chi connectivity index (χ0v) is 11.5. The van der Waals surface area contributed by atoms with Gasteiger partial charge in [-0.05, 0) is 17.7 Å². The van der Waals surface area contributed by atoms with Crippen molar-refractivity contribution in [1.29, 1.82) is 0 Å². The molecule has 0 bridgehead atoms. The van der Waals surface area contributed by atoms with Crippen LogP contribution in [0.25, 0.3) is 0 Å². The van der Waals surface area contributed by atoms with Crippen LogP contribution in [0.1, 0.15) is 12.5 Å². The lowest BCUT2D eigenvalue weighted by atomic mass is 10.1. The summed E-state index contributed by atoms with van der Waals surface area (Å²) < 4.78 is 0. The third-order valence-electron chi connectivity index (χ3n) is 3.61. The molecule has 1 aliphatic rings. The molecule has 0 radical (unpaired) electrons. The highest BCUT2D eigenvalue weighted by Gasteiger charge is 2.23. The van der Waals surface area contributed by atoms with Crippen molar-refractivity contribution >= 4 is 5.91 Å². The molecule has 2 heterocycles. The van der Waals surface area contributed by atoms with Crippen molar-refractivity contribution in [2.45, 2.75) is 13.5 Å². The summed E-state index contributed by atoms with van der Waals surface area (Å²) in [5, 5.41) is 0. The molecular formula is C14H22N4O. The van der Waals surface area contributed by atoms with Gasteiger partial charge < -0.3 is 10.6 Å². The molecule has 1 atom stereocenters. The molecular weight excluding hydrogens is 240 g/mol. The molecule has 19 heavy (non-hydrogen) atoms. The molecule has 2 rings (SSSR count). The van der Waals surface area contributed by atoms with Gasteiger partial charge in [-0.3, -0.25) is 14.7 Å². The highest BCUT2D eigenvalue weighted by molar-refractivity contribution is 5.78. The van der Waals surface area contributed by atoms with Crippen molar-refractivity contribution in [3.05, 3.63) is 30.1 Å². The highest BCUT2D eigenvalue weighted by Crippen LogP contribution is 2.10. The fraction of sp³-hybridized carbons (Fsp3) is 0.571. The van der Waals surface area contributed by atoms with E-state index in [9.17, 15) is 4.79 Å². The van der Waals surface area contributed by atoms with Crippen LogP contribution in [0.4, 0.5) is 0 Å². The Morgan fingerprint density at radius 1 is 1.32 bits per heavy atom. The molecule has 2 N–H and O–H groups in total. The largest absolute Gasteiger partial charge is 0.340 e. The standard InChI is InChI=1S/C14H22N4O/c1-12(10-15)14(19)18-8-6-17(7-9-18)11-13-2-4-16-5-3-13/h2-5,12H,6-11,15H2,1H3. The van der Waals surface area contributed by atoms with E-state index in [1.807, 2.05) is 36.4 Å². The van der Waals surface area contributed by atoms with E-state index in [1.165, 1.54) is 5.56 Å². The second kappa shape index (κ2) is 6.63. The first-order valence-corrected chi connectivity index (χ1v) is 6.81. The van der Waals surface area contributed by atoms with Crippen LogP contribution in [0, 0.1) is 5.92 Å². The molecule has 104 valence electrons. The second-order valence-electron chi connectivity index (χ2n) is 5.09. The summed E-state index contributed by atoms with van der Waals surface area (Å²) in [5.74, 6) is 0.123. The van der Waals surface area contributed by atoms with Crippen molar-refractivity contribution in [3.63, 3.8) is 0 Å². The number of aromatic nitrogens is 1. The number of hydrogen-bond donors (Lipinski definition) is 1. The minimum atomic E-state index is -0.0632. The Hall–Kier alpha value is -1.46. The summed E-state index contributed by atoms with van der Waals surface area (Å²) >= 11 is 0. The molecule has 1 aromatic heterocycles. The van der Waals surface area contributed by atoms with Gasteiger partial charge in [0.25, 0.3) is 0 Å². The quantitative estimate of drug-likeness (QED) is 0.849. The van der Waals surface area contributed by atoms with Crippen LogP contribution >= 0.6 is 0 Å². The van der Waals surface area contributed by atoms with Crippen LogP contribution in [-0.4, -0.2) is 53.4 Å². The molecule has 5 heteroatoms. The molecule has 1 saturated heterocycles. The van der Waals surface area contributed by atoms with Crippen molar-refractivity contribution in [2.24, 2.45) is 11.7 Å². The van der Waals surface area contributed by atoms with E-state index in [0.717, 1.165) is 32.7 Å². The molecule has 1 fully saturated rings. The normalized spacial score (nSPS) is 18.3. The fourth-order valence-corrected chi connectivity index (χ4v) is 2.29. The van der Waals surface area contributed by atoms with Gasteiger partial charge in [-0.1, -0.05) is 6.92 Å². The lowest BCUT2D eigenvalue weighted by Crippen LogP contribution is -2.50. The predicted octanol–water partition coefficient (Wildman–Crippen LogP) is 0.321. The summed E-state index contributed by atoms with van der Waals surface area (Å²) in [4.78, 5) is 20.3. The maximum absolute atomic E-state index is 12.0. The van der Waals surface area contributed by atoms with Crippen molar-refractivity contribution in [3.8, 4) is 0 Å². The lowest BCUT2D eigenvalue weighted by Gasteiger charge is -2.35. The van der Waals surface area contributed by atoms with E-state index in [-0.39, 0.29) is 11.8 Å². The minimum Gasteiger partial charge on any atom is -0.340 e. The molecule has 0 spiro atoms. The summed E-state index contributed by atoms with van der Waals surface area (Å²) in [6.45, 7) is 6.69. The zero-order valence-electron chi connectivity index (χ0n) is 11.5. The van der Waals surface area contributed by atoms with Crippen molar-refractivity contribution in [2.75, 3.05) is 32.7 Å². The summed E-state index contributed by atoms with van der Waals surface area (Å²) in [6.07, 6.45) is 3.63. The summed E-state index contributed by atoms with van der Waals surface area (Å²) in [6, 6.07) is 4.07. The first-order chi connectivity index (χ1) is 9.20. The molecule has 5 nitrogen and oxygen atoms in total. The Labute approximate surface area is 114 Å². The van der Waals surface area contributed by atoms with E-state index in [4.69, 9.17) is 5.73 Å². The van der Waals surface area contributed by atoms with Crippen LogP contribution in [0.3, 0.4) is 0 Å². The number of nitrogens with zero attached hydrogens (tertiary/aromatic N) is 3. The average Bonchev–Trinajstić information content (AvgIpc) is 2.47. The number of hydrogen-bond acceptors (Lipinski definition) is 4. The van der Waals surface area contributed by atoms with Gasteiger partial charge in [0.1, 0.15) is 0 Å². The van der Waals surface area contributed by atoms with E-state index in [0.29, 0.717) is 6.54 Å². The fourth-order valence-electron chi connectivity index (χ4n) is 2.29. The summed E-state index contributed by atoms with van der Waals surface area (Å²) in [7, 11) is 0. The topological polar surface area (TPSA) is 62.5 Å². The number of pyridine rings is 1. The SMILES string of the molecule is CC(CN)C(=O)N1CCN(Cc2ccncc2)CC1. The number of piperazine rings is 1. The zero-order chi connectivity index (χ0) is 13.7. The van der Waals surface area contributed by atoms with E-state index in [1.54, 1.807) is 0 Å². The Bertz CT molecular complexity index is 401. The van der Waals surface area contributed by atoms with Crippen LogP contribution in [0.5, 0.6) is 0 Å². The number of carbonyl (C=O) groups excluding carboxylic acids is 1. The minimum absolute atomic E-state index is 0.0632. The first kappa shape index (κ1) is 14.0. The molecule has 0 saturated carbocycles. The second-order valence-corrected chi connectivity index (χ2v) is 5.09. The maximum atomic E-state index is 12.0. The third kappa shape index (κ3) is 3.75. The Morgan fingerprint density at radius 2 is 1.95 bits per heavy atom. The average molecular weight is 262 g/mol. The van der Waals surface area contributed by atoms with Crippen LogP contribution in [-0.2, 0) is 11.3 Å². The van der Waals surface area contributed by atoms with Crippen molar-refractivity contribution in [1.82, 2.24) is 14.8 Å². The molecule has 0 aliphatic carbocycles. The molecule has 1 aliphatic heterocycles. The highest BCUT2D eigenvalue weighted by atomic mass is 16.2. The number of nitrogens with two attached hydrogens (primary N) is 1.